The SMILES string of the molecule is CCCOC(=O)C(CC)N1CC(CC)Oc2ccc(C(C)=O)cc21. The fraction of sp³-hybridized carbons (Fsp3) is 0.579. The van der Waals surface area contributed by atoms with Gasteiger partial charge in [0.25, 0.3) is 0 Å². The maximum absolute atomic E-state index is 12.5. The van der Waals surface area contributed by atoms with E-state index >= 15 is 0 Å². The first-order valence-corrected chi connectivity index (χ1v) is 8.76. The van der Waals surface area contributed by atoms with E-state index in [9.17, 15) is 9.59 Å². The maximum atomic E-state index is 12.5. The van der Waals surface area contributed by atoms with Gasteiger partial charge in [0.1, 0.15) is 17.9 Å². The third-order valence-electron chi connectivity index (χ3n) is 4.31. The number of hydrogen-bond acceptors (Lipinski definition) is 5. The van der Waals surface area contributed by atoms with Crippen molar-refractivity contribution in [3.05, 3.63) is 23.8 Å². The van der Waals surface area contributed by atoms with Gasteiger partial charge in [-0.2, -0.15) is 0 Å². The fourth-order valence-electron chi connectivity index (χ4n) is 2.92. The molecule has 0 N–H and O–H groups in total. The van der Waals surface area contributed by atoms with Gasteiger partial charge in [0, 0.05) is 5.56 Å². The summed E-state index contributed by atoms with van der Waals surface area (Å²) in [5.41, 5.74) is 1.42. The second-order valence-electron chi connectivity index (χ2n) is 6.13. The number of carbonyl (C=O) groups excluding carboxylic acids is 2. The predicted molar refractivity (Wildman–Crippen MR) is 93.8 cm³/mol. The Hall–Kier alpha value is -2.04. The number of benzene rings is 1. The molecule has 0 aromatic heterocycles. The lowest BCUT2D eigenvalue weighted by molar-refractivity contribution is -0.145. The molecular weight excluding hydrogens is 306 g/mol. The first kappa shape index (κ1) is 18.3. The van der Waals surface area contributed by atoms with Crippen molar-refractivity contribution in [3.63, 3.8) is 0 Å². The highest BCUT2D eigenvalue weighted by atomic mass is 16.5. The molecule has 1 aliphatic rings. The highest BCUT2D eigenvalue weighted by molar-refractivity contribution is 5.96. The first-order valence-electron chi connectivity index (χ1n) is 8.76. The molecule has 0 amide bonds. The van der Waals surface area contributed by atoms with Gasteiger partial charge in [0.15, 0.2) is 5.78 Å². The molecule has 0 fully saturated rings. The van der Waals surface area contributed by atoms with Gasteiger partial charge in [-0.05, 0) is 44.4 Å². The summed E-state index contributed by atoms with van der Waals surface area (Å²) in [5.74, 6) is 0.507. The summed E-state index contributed by atoms with van der Waals surface area (Å²) >= 11 is 0. The lowest BCUT2D eigenvalue weighted by Gasteiger charge is -2.39. The molecule has 1 aliphatic heterocycles. The number of Topliss-reactive ketones (excluding diaryl/α,β-unsaturated/α-hetero) is 1. The van der Waals surface area contributed by atoms with E-state index in [1.54, 1.807) is 6.07 Å². The lowest BCUT2D eigenvalue weighted by atomic mass is 10.0. The molecule has 2 atom stereocenters. The van der Waals surface area contributed by atoms with E-state index in [0.717, 1.165) is 24.3 Å². The van der Waals surface area contributed by atoms with Crippen molar-refractivity contribution >= 4 is 17.4 Å². The number of fused-ring (bicyclic) bond motifs is 1. The van der Waals surface area contributed by atoms with Crippen LogP contribution < -0.4 is 9.64 Å². The van der Waals surface area contributed by atoms with E-state index in [0.29, 0.717) is 25.1 Å². The van der Waals surface area contributed by atoms with Crippen LogP contribution in [-0.4, -0.2) is 37.0 Å². The highest BCUT2D eigenvalue weighted by Gasteiger charge is 2.33. The molecule has 24 heavy (non-hydrogen) atoms. The monoisotopic (exact) mass is 333 g/mol. The van der Waals surface area contributed by atoms with Crippen molar-refractivity contribution in [2.24, 2.45) is 0 Å². The van der Waals surface area contributed by atoms with Crippen LogP contribution in [0.2, 0.25) is 0 Å². The van der Waals surface area contributed by atoms with Crippen LogP contribution in [0.3, 0.4) is 0 Å². The van der Waals surface area contributed by atoms with Crippen LogP contribution in [-0.2, 0) is 9.53 Å². The van der Waals surface area contributed by atoms with Crippen molar-refractivity contribution in [1.29, 1.82) is 0 Å². The Labute approximate surface area is 143 Å². The van der Waals surface area contributed by atoms with Gasteiger partial charge < -0.3 is 14.4 Å². The van der Waals surface area contributed by atoms with Crippen molar-refractivity contribution in [3.8, 4) is 5.75 Å². The largest absolute Gasteiger partial charge is 0.486 e. The van der Waals surface area contributed by atoms with Gasteiger partial charge >= 0.3 is 5.97 Å². The van der Waals surface area contributed by atoms with Crippen molar-refractivity contribution in [2.45, 2.75) is 59.1 Å². The third-order valence-corrected chi connectivity index (χ3v) is 4.31. The summed E-state index contributed by atoms with van der Waals surface area (Å²) in [6.45, 7) is 8.60. The molecule has 2 unspecified atom stereocenters. The van der Waals surface area contributed by atoms with Gasteiger partial charge in [0.2, 0.25) is 0 Å². The van der Waals surface area contributed by atoms with Crippen molar-refractivity contribution in [2.75, 3.05) is 18.1 Å². The number of ether oxygens (including phenoxy) is 2. The van der Waals surface area contributed by atoms with Gasteiger partial charge in [-0.1, -0.05) is 20.8 Å². The van der Waals surface area contributed by atoms with Crippen LogP contribution >= 0.6 is 0 Å². The summed E-state index contributed by atoms with van der Waals surface area (Å²) in [7, 11) is 0. The summed E-state index contributed by atoms with van der Waals surface area (Å²) in [5, 5.41) is 0. The second kappa shape index (κ2) is 8.18. The van der Waals surface area contributed by atoms with E-state index in [4.69, 9.17) is 9.47 Å². The molecule has 0 saturated heterocycles. The number of hydrogen-bond donors (Lipinski definition) is 0. The molecular formula is C19H27NO4. The van der Waals surface area contributed by atoms with Crippen LogP contribution in [0.25, 0.3) is 0 Å². The number of esters is 1. The van der Waals surface area contributed by atoms with Crippen LogP contribution in [0.15, 0.2) is 18.2 Å². The zero-order valence-corrected chi connectivity index (χ0v) is 15.0. The second-order valence-corrected chi connectivity index (χ2v) is 6.13. The van der Waals surface area contributed by atoms with E-state index < -0.39 is 0 Å². The highest BCUT2D eigenvalue weighted by Crippen LogP contribution is 2.37. The molecule has 1 aromatic carbocycles. The van der Waals surface area contributed by atoms with E-state index in [1.807, 2.05) is 30.9 Å². The zero-order chi connectivity index (χ0) is 17.7. The van der Waals surface area contributed by atoms with Crippen LogP contribution in [0.1, 0.15) is 57.3 Å². The lowest BCUT2D eigenvalue weighted by Crippen LogP contribution is -2.49. The maximum Gasteiger partial charge on any atom is 0.328 e. The molecule has 1 heterocycles. The van der Waals surface area contributed by atoms with Crippen molar-refractivity contribution < 1.29 is 19.1 Å². The molecule has 5 heteroatoms. The average Bonchev–Trinajstić information content (AvgIpc) is 2.59. The fourth-order valence-corrected chi connectivity index (χ4v) is 2.92. The zero-order valence-electron chi connectivity index (χ0n) is 15.0. The normalized spacial score (nSPS) is 17.7. The summed E-state index contributed by atoms with van der Waals surface area (Å²) in [6.07, 6.45) is 2.32. The minimum Gasteiger partial charge on any atom is -0.486 e. The molecule has 0 spiro atoms. The number of rotatable bonds is 7. The van der Waals surface area contributed by atoms with E-state index in [1.165, 1.54) is 6.92 Å². The van der Waals surface area contributed by atoms with Crippen LogP contribution in [0, 0.1) is 0 Å². The third kappa shape index (κ3) is 3.89. The standard InChI is InChI=1S/C19H27NO4/c1-5-10-23-19(22)16(7-3)20-12-15(6-2)24-18-9-8-14(13(4)21)11-17(18)20/h8-9,11,15-16H,5-7,10,12H2,1-4H3. The van der Waals surface area contributed by atoms with E-state index in [2.05, 4.69) is 6.92 Å². The number of nitrogens with zero attached hydrogens (tertiary/aromatic N) is 1. The van der Waals surface area contributed by atoms with Gasteiger partial charge in [-0.3, -0.25) is 4.79 Å². The molecule has 0 bridgehead atoms. The molecule has 5 nitrogen and oxygen atoms in total. The average molecular weight is 333 g/mol. The summed E-state index contributed by atoms with van der Waals surface area (Å²) in [4.78, 5) is 26.2. The molecule has 1 aromatic rings. The van der Waals surface area contributed by atoms with E-state index in [-0.39, 0.29) is 23.9 Å². The predicted octanol–water partition coefficient (Wildman–Crippen LogP) is 3.60. The van der Waals surface area contributed by atoms with Gasteiger partial charge in [-0.25, -0.2) is 4.79 Å². The number of ketones is 1. The molecule has 0 saturated carbocycles. The molecule has 132 valence electrons. The Morgan fingerprint density at radius 3 is 2.67 bits per heavy atom. The minimum atomic E-state index is -0.365. The Morgan fingerprint density at radius 2 is 2.08 bits per heavy atom. The Morgan fingerprint density at radius 1 is 1.33 bits per heavy atom. The Balaban J connectivity index is 2.38. The number of anilines is 1. The summed E-state index contributed by atoms with van der Waals surface area (Å²) < 4.78 is 11.4. The van der Waals surface area contributed by atoms with Crippen molar-refractivity contribution in [1.82, 2.24) is 0 Å². The Kier molecular flexibility index (Phi) is 6.23. The smallest absolute Gasteiger partial charge is 0.328 e. The minimum absolute atomic E-state index is 0.00280. The topological polar surface area (TPSA) is 55.8 Å². The Bertz CT molecular complexity index is 599. The molecule has 0 aliphatic carbocycles. The first-order chi connectivity index (χ1) is 11.5. The van der Waals surface area contributed by atoms with Crippen LogP contribution in [0.4, 0.5) is 5.69 Å². The van der Waals surface area contributed by atoms with Gasteiger partial charge in [-0.15, -0.1) is 0 Å². The number of carbonyl (C=O) groups is 2. The molecule has 0 radical (unpaired) electrons. The summed E-state index contributed by atoms with van der Waals surface area (Å²) in [6, 6.07) is 5.05. The van der Waals surface area contributed by atoms with Gasteiger partial charge in [0.05, 0.1) is 18.8 Å². The van der Waals surface area contributed by atoms with Crippen LogP contribution in [0.5, 0.6) is 5.75 Å². The molecule has 2 rings (SSSR count). The quantitative estimate of drug-likeness (QED) is 0.564.